The van der Waals surface area contributed by atoms with Gasteiger partial charge in [0.15, 0.2) is 0 Å². The van der Waals surface area contributed by atoms with Gasteiger partial charge in [0.05, 0.1) is 6.04 Å². The summed E-state index contributed by atoms with van der Waals surface area (Å²) in [5, 5.41) is 0. The van der Waals surface area contributed by atoms with E-state index in [1.807, 2.05) is 18.2 Å². The number of hydrogen-bond acceptors (Lipinski definition) is 3. The molecule has 0 unspecified atom stereocenters. The molecule has 1 atom stereocenters. The molecule has 0 aromatic heterocycles. The number of nitrogens with zero attached hydrogens (tertiary/aromatic N) is 1. The number of nitrogens with two attached hydrogens (primary N) is 1. The summed E-state index contributed by atoms with van der Waals surface area (Å²) < 4.78 is 13.6. The fourth-order valence-electron chi connectivity index (χ4n) is 2.93. The summed E-state index contributed by atoms with van der Waals surface area (Å²) in [7, 11) is 0. The Kier molecular flexibility index (Phi) is 4.98. The molecule has 3 rings (SSSR count). The van der Waals surface area contributed by atoms with Crippen molar-refractivity contribution in [2.24, 2.45) is 5.73 Å². The first-order valence-electron chi connectivity index (χ1n) is 7.62. The first-order valence-corrected chi connectivity index (χ1v) is 8.61. The minimum Gasteiger partial charge on any atom is -0.368 e. The monoisotopic (exact) mass is 330 g/mol. The van der Waals surface area contributed by atoms with Gasteiger partial charge in [-0.1, -0.05) is 36.4 Å². The van der Waals surface area contributed by atoms with Crippen LogP contribution in [0.5, 0.6) is 0 Å². The lowest BCUT2D eigenvalue weighted by atomic mass is 9.94. The van der Waals surface area contributed by atoms with Crippen molar-refractivity contribution in [1.82, 2.24) is 4.90 Å². The zero-order valence-electron chi connectivity index (χ0n) is 12.7. The maximum atomic E-state index is 13.6. The minimum atomic E-state index is -0.296. The number of carbonyl (C=O) groups is 1. The number of rotatable bonds is 5. The molecule has 1 aliphatic heterocycles. The molecule has 1 heterocycles. The van der Waals surface area contributed by atoms with Crippen LogP contribution in [0.2, 0.25) is 0 Å². The standard InChI is InChI=1S/C18H19FN2OS/c19-15-7-3-4-8-17(15)23-10-9-21-12-14-6-2-1-5-13(14)11-16(21)18(20)22/h1-8,16H,9-12H2,(H2,20,22)/t16-/m0/s1. The number of halogens is 1. The van der Waals surface area contributed by atoms with Gasteiger partial charge in [-0.25, -0.2) is 4.39 Å². The summed E-state index contributed by atoms with van der Waals surface area (Å²) in [5.74, 6) is 0.218. The van der Waals surface area contributed by atoms with Gasteiger partial charge in [0.2, 0.25) is 5.91 Å². The normalized spacial score (nSPS) is 17.7. The Morgan fingerprint density at radius 3 is 2.61 bits per heavy atom. The molecule has 2 N–H and O–H groups in total. The molecule has 5 heteroatoms. The SMILES string of the molecule is NC(=O)[C@@H]1Cc2ccccc2CN1CCSc1ccccc1F. The van der Waals surface area contributed by atoms with Gasteiger partial charge in [-0.2, -0.15) is 0 Å². The van der Waals surface area contributed by atoms with Crippen LogP contribution < -0.4 is 5.73 Å². The predicted molar refractivity (Wildman–Crippen MR) is 90.7 cm³/mol. The summed E-state index contributed by atoms with van der Waals surface area (Å²) in [5.41, 5.74) is 8.00. The molecule has 0 aliphatic carbocycles. The highest BCUT2D eigenvalue weighted by molar-refractivity contribution is 7.99. The molecule has 0 saturated heterocycles. The van der Waals surface area contributed by atoms with Crippen LogP contribution in [0.1, 0.15) is 11.1 Å². The third kappa shape index (κ3) is 3.74. The fourth-order valence-corrected chi connectivity index (χ4v) is 3.85. The van der Waals surface area contributed by atoms with Crippen molar-refractivity contribution in [2.45, 2.75) is 23.9 Å². The van der Waals surface area contributed by atoms with Crippen molar-refractivity contribution < 1.29 is 9.18 Å². The lowest BCUT2D eigenvalue weighted by molar-refractivity contribution is -0.123. The molecule has 0 bridgehead atoms. The second-order valence-corrected chi connectivity index (χ2v) is 6.78. The first kappa shape index (κ1) is 16.0. The van der Waals surface area contributed by atoms with E-state index in [9.17, 15) is 9.18 Å². The van der Waals surface area contributed by atoms with Crippen molar-refractivity contribution in [2.75, 3.05) is 12.3 Å². The number of amides is 1. The fraction of sp³-hybridized carbons (Fsp3) is 0.278. The molecule has 0 saturated carbocycles. The van der Waals surface area contributed by atoms with Crippen molar-refractivity contribution in [3.8, 4) is 0 Å². The Morgan fingerprint density at radius 2 is 1.87 bits per heavy atom. The minimum absolute atomic E-state index is 0.201. The quantitative estimate of drug-likeness (QED) is 0.858. The van der Waals surface area contributed by atoms with Gasteiger partial charge in [0.25, 0.3) is 0 Å². The van der Waals surface area contributed by atoms with Crippen LogP contribution in [0.4, 0.5) is 4.39 Å². The van der Waals surface area contributed by atoms with E-state index in [4.69, 9.17) is 5.73 Å². The Balaban J connectivity index is 1.66. The summed E-state index contributed by atoms with van der Waals surface area (Å²) in [4.78, 5) is 14.5. The molecule has 0 radical (unpaired) electrons. The molecule has 1 amide bonds. The highest BCUT2D eigenvalue weighted by Crippen LogP contribution is 2.25. The van der Waals surface area contributed by atoms with Crippen molar-refractivity contribution in [3.63, 3.8) is 0 Å². The average Bonchev–Trinajstić information content (AvgIpc) is 2.56. The van der Waals surface area contributed by atoms with Crippen LogP contribution in [-0.4, -0.2) is 29.1 Å². The van der Waals surface area contributed by atoms with Crippen LogP contribution in [0.25, 0.3) is 0 Å². The lowest BCUT2D eigenvalue weighted by Gasteiger charge is -2.34. The van der Waals surface area contributed by atoms with Gasteiger partial charge in [-0.3, -0.25) is 9.69 Å². The van der Waals surface area contributed by atoms with Gasteiger partial charge < -0.3 is 5.73 Å². The summed E-state index contributed by atoms with van der Waals surface area (Å²) in [6.45, 7) is 1.41. The Bertz CT molecular complexity index is 707. The zero-order chi connectivity index (χ0) is 16.2. The van der Waals surface area contributed by atoms with Gasteiger partial charge in [0.1, 0.15) is 5.82 Å². The topological polar surface area (TPSA) is 46.3 Å². The van der Waals surface area contributed by atoms with Crippen LogP contribution in [0.3, 0.4) is 0 Å². The van der Waals surface area contributed by atoms with Crippen LogP contribution in [-0.2, 0) is 17.8 Å². The maximum absolute atomic E-state index is 13.6. The smallest absolute Gasteiger partial charge is 0.235 e. The maximum Gasteiger partial charge on any atom is 0.235 e. The number of carbonyl (C=O) groups excluding carboxylic acids is 1. The molecule has 2 aromatic carbocycles. The van der Waals surface area contributed by atoms with E-state index in [2.05, 4.69) is 17.0 Å². The van der Waals surface area contributed by atoms with Gasteiger partial charge in [-0.05, 0) is 29.7 Å². The highest BCUT2D eigenvalue weighted by atomic mass is 32.2. The molecule has 0 spiro atoms. The predicted octanol–water partition coefficient (Wildman–Crippen LogP) is 2.83. The summed E-state index contributed by atoms with van der Waals surface area (Å²) in [6.07, 6.45) is 0.649. The molecule has 3 nitrogen and oxygen atoms in total. The van der Waals surface area contributed by atoms with Gasteiger partial charge >= 0.3 is 0 Å². The van der Waals surface area contributed by atoms with E-state index in [0.717, 1.165) is 0 Å². The summed E-state index contributed by atoms with van der Waals surface area (Å²) in [6, 6.07) is 14.6. The first-order chi connectivity index (χ1) is 11.1. The summed E-state index contributed by atoms with van der Waals surface area (Å²) >= 11 is 1.47. The second-order valence-electron chi connectivity index (χ2n) is 5.64. The molecule has 2 aromatic rings. The van der Waals surface area contributed by atoms with Crippen LogP contribution in [0.15, 0.2) is 53.4 Å². The zero-order valence-corrected chi connectivity index (χ0v) is 13.6. The Labute approximate surface area is 139 Å². The average molecular weight is 330 g/mol. The number of thioether (sulfide) groups is 1. The van der Waals surface area contributed by atoms with Crippen molar-refractivity contribution in [1.29, 1.82) is 0 Å². The largest absolute Gasteiger partial charge is 0.368 e. The van der Waals surface area contributed by atoms with Crippen LogP contribution >= 0.6 is 11.8 Å². The van der Waals surface area contributed by atoms with E-state index in [-0.39, 0.29) is 17.8 Å². The number of benzene rings is 2. The van der Waals surface area contributed by atoms with Gasteiger partial charge in [-0.15, -0.1) is 11.8 Å². The Morgan fingerprint density at radius 1 is 1.17 bits per heavy atom. The van der Waals surface area contributed by atoms with E-state index in [0.29, 0.717) is 30.2 Å². The third-order valence-corrected chi connectivity index (χ3v) is 5.18. The Hall–Kier alpha value is -1.85. The number of hydrogen-bond donors (Lipinski definition) is 1. The molecular formula is C18H19FN2OS. The molecule has 1 aliphatic rings. The van der Waals surface area contributed by atoms with Gasteiger partial charge in [0, 0.05) is 23.7 Å². The number of fused-ring (bicyclic) bond motifs is 1. The van der Waals surface area contributed by atoms with Crippen molar-refractivity contribution >= 4 is 17.7 Å². The van der Waals surface area contributed by atoms with E-state index >= 15 is 0 Å². The molecule has 0 fully saturated rings. The van der Waals surface area contributed by atoms with E-state index in [1.54, 1.807) is 12.1 Å². The molecule has 23 heavy (non-hydrogen) atoms. The van der Waals surface area contributed by atoms with E-state index < -0.39 is 0 Å². The molecule has 120 valence electrons. The molecular weight excluding hydrogens is 311 g/mol. The van der Waals surface area contributed by atoms with Crippen molar-refractivity contribution in [3.05, 3.63) is 65.5 Å². The van der Waals surface area contributed by atoms with Crippen LogP contribution in [0, 0.1) is 5.82 Å². The highest BCUT2D eigenvalue weighted by Gasteiger charge is 2.29. The van der Waals surface area contributed by atoms with E-state index in [1.165, 1.54) is 29.0 Å². The number of primary amides is 1. The second kappa shape index (κ2) is 7.15. The lowest BCUT2D eigenvalue weighted by Crippen LogP contribution is -2.49. The third-order valence-electron chi connectivity index (χ3n) is 4.15.